The number of piperidine rings is 1. The molecule has 45 heavy (non-hydrogen) atoms. The SMILES string of the molecule is CCC(C(=O)n1ccc2c([N+](C)=CC3CN(C(=O)CC#N)CC[C@H]3C)ncnc21)c1ccc(N2Cc3ccccc3C2=O)cc1. The largest absolute Gasteiger partial charge is 0.341 e. The van der Waals surface area contributed by atoms with E-state index in [9.17, 15) is 14.4 Å². The number of nitrogens with zero attached hydrogens (tertiary/aromatic N) is 7. The van der Waals surface area contributed by atoms with E-state index < -0.39 is 5.92 Å². The molecule has 4 heterocycles. The summed E-state index contributed by atoms with van der Waals surface area (Å²) in [5, 5.41) is 9.71. The maximum absolute atomic E-state index is 13.9. The molecule has 0 N–H and O–H groups in total. The van der Waals surface area contributed by atoms with Crippen molar-refractivity contribution in [2.75, 3.05) is 25.0 Å². The summed E-state index contributed by atoms with van der Waals surface area (Å²) in [5.41, 5.74) is 3.95. The van der Waals surface area contributed by atoms with Gasteiger partial charge in [0.15, 0.2) is 5.65 Å². The van der Waals surface area contributed by atoms with Crippen LogP contribution in [0.5, 0.6) is 0 Å². The van der Waals surface area contributed by atoms with Gasteiger partial charge in [0.25, 0.3) is 5.91 Å². The Balaban J connectivity index is 1.23. The highest BCUT2D eigenvalue weighted by molar-refractivity contribution is 6.10. The van der Waals surface area contributed by atoms with Crippen LogP contribution < -0.4 is 4.90 Å². The lowest BCUT2D eigenvalue weighted by Gasteiger charge is -2.34. The minimum atomic E-state index is -0.399. The Morgan fingerprint density at radius 1 is 1.13 bits per heavy atom. The van der Waals surface area contributed by atoms with Crippen molar-refractivity contribution < 1.29 is 19.0 Å². The monoisotopic (exact) mass is 602 g/mol. The highest BCUT2D eigenvalue weighted by Crippen LogP contribution is 2.32. The molecule has 0 aliphatic carbocycles. The van der Waals surface area contributed by atoms with Crippen molar-refractivity contribution in [1.82, 2.24) is 19.4 Å². The van der Waals surface area contributed by atoms with E-state index >= 15 is 0 Å². The van der Waals surface area contributed by atoms with Gasteiger partial charge in [0.1, 0.15) is 11.8 Å². The topological polar surface area (TPSA) is 115 Å². The average Bonchev–Trinajstić information content (AvgIpc) is 3.64. The maximum atomic E-state index is 13.9. The third-order valence-corrected chi connectivity index (χ3v) is 9.18. The number of nitriles is 1. The molecule has 0 bridgehead atoms. The first kappa shape index (κ1) is 29.9. The molecular weight excluding hydrogens is 566 g/mol. The average molecular weight is 603 g/mol. The first-order valence-electron chi connectivity index (χ1n) is 15.4. The van der Waals surface area contributed by atoms with E-state index in [1.165, 1.54) is 6.33 Å². The smallest absolute Gasteiger partial charge is 0.335 e. The number of hydrogen-bond donors (Lipinski definition) is 0. The Morgan fingerprint density at radius 3 is 2.64 bits per heavy atom. The molecular formula is C35H36N7O3+. The molecule has 10 nitrogen and oxygen atoms in total. The molecule has 0 saturated carbocycles. The molecule has 0 spiro atoms. The minimum absolute atomic E-state index is 0.0132. The number of carbonyl (C=O) groups is 3. The molecule has 6 rings (SSSR count). The van der Waals surface area contributed by atoms with Crippen LogP contribution in [0.15, 0.2) is 67.1 Å². The van der Waals surface area contributed by atoms with E-state index in [0.717, 1.165) is 34.2 Å². The quantitative estimate of drug-likeness (QED) is 0.213. The van der Waals surface area contributed by atoms with Gasteiger partial charge in [-0.1, -0.05) is 44.2 Å². The van der Waals surface area contributed by atoms with Gasteiger partial charge in [-0.05, 0) is 59.1 Å². The number of amides is 2. The molecule has 2 unspecified atom stereocenters. The van der Waals surface area contributed by atoms with E-state index in [1.807, 2.05) is 79.2 Å². The lowest BCUT2D eigenvalue weighted by atomic mass is 9.87. The van der Waals surface area contributed by atoms with Gasteiger partial charge in [-0.25, -0.2) is 4.58 Å². The zero-order valence-electron chi connectivity index (χ0n) is 25.8. The summed E-state index contributed by atoms with van der Waals surface area (Å²) in [6.07, 6.45) is 6.65. The Hall–Kier alpha value is -5.17. The third kappa shape index (κ3) is 5.62. The number of benzene rings is 2. The molecule has 2 aliphatic rings. The second-order valence-electron chi connectivity index (χ2n) is 11.9. The number of aromatic nitrogens is 3. The van der Waals surface area contributed by atoms with Crippen molar-refractivity contribution in [2.24, 2.45) is 11.8 Å². The van der Waals surface area contributed by atoms with Crippen LogP contribution in [0.1, 0.15) is 65.3 Å². The number of rotatable bonds is 7. The summed E-state index contributed by atoms with van der Waals surface area (Å²) in [6, 6.07) is 19.2. The van der Waals surface area contributed by atoms with E-state index in [1.54, 1.807) is 20.6 Å². The Bertz CT molecular complexity index is 1850. The van der Waals surface area contributed by atoms with Gasteiger partial charge in [0.05, 0.1) is 31.8 Å². The van der Waals surface area contributed by atoms with Gasteiger partial charge in [0.2, 0.25) is 18.1 Å². The van der Waals surface area contributed by atoms with Crippen LogP contribution in [0.2, 0.25) is 0 Å². The van der Waals surface area contributed by atoms with E-state index in [2.05, 4.69) is 23.1 Å². The number of anilines is 1. The molecule has 2 aromatic carbocycles. The summed E-state index contributed by atoms with van der Waals surface area (Å²) in [4.78, 5) is 51.8. The van der Waals surface area contributed by atoms with Crippen LogP contribution in [-0.2, 0) is 11.3 Å². The molecule has 2 aromatic heterocycles. The third-order valence-electron chi connectivity index (χ3n) is 9.18. The predicted octanol–water partition coefficient (Wildman–Crippen LogP) is 5.17. The molecule has 1 saturated heterocycles. The van der Waals surface area contributed by atoms with Crippen molar-refractivity contribution in [1.29, 1.82) is 5.26 Å². The molecule has 2 amide bonds. The van der Waals surface area contributed by atoms with Crippen LogP contribution in [0.3, 0.4) is 0 Å². The van der Waals surface area contributed by atoms with Crippen LogP contribution in [0.4, 0.5) is 11.5 Å². The first-order chi connectivity index (χ1) is 21.8. The van der Waals surface area contributed by atoms with Crippen LogP contribution in [0, 0.1) is 23.2 Å². The fraction of sp³-hybridized carbons (Fsp3) is 0.343. The Labute approximate surface area is 262 Å². The fourth-order valence-electron chi connectivity index (χ4n) is 6.52. The number of fused-ring (bicyclic) bond motifs is 2. The Morgan fingerprint density at radius 2 is 1.91 bits per heavy atom. The summed E-state index contributed by atoms with van der Waals surface area (Å²) >= 11 is 0. The molecule has 0 radical (unpaired) electrons. The van der Waals surface area contributed by atoms with Gasteiger partial charge in [-0.15, -0.1) is 0 Å². The number of likely N-dealkylation sites (tertiary alicyclic amines) is 1. The van der Waals surface area contributed by atoms with E-state index in [4.69, 9.17) is 5.26 Å². The highest BCUT2D eigenvalue weighted by Gasteiger charge is 2.31. The summed E-state index contributed by atoms with van der Waals surface area (Å²) in [7, 11) is 1.92. The van der Waals surface area contributed by atoms with Crippen molar-refractivity contribution in [3.63, 3.8) is 0 Å². The zero-order chi connectivity index (χ0) is 31.7. The van der Waals surface area contributed by atoms with Crippen LogP contribution >= 0.6 is 0 Å². The van der Waals surface area contributed by atoms with Gasteiger partial charge < -0.3 is 9.80 Å². The second-order valence-corrected chi connectivity index (χ2v) is 11.9. The normalized spacial score (nSPS) is 19.0. The van der Waals surface area contributed by atoms with Gasteiger partial charge >= 0.3 is 5.82 Å². The zero-order valence-corrected chi connectivity index (χ0v) is 25.8. The maximum Gasteiger partial charge on any atom is 0.335 e. The van der Waals surface area contributed by atoms with Crippen molar-refractivity contribution in [3.05, 3.63) is 83.8 Å². The van der Waals surface area contributed by atoms with Gasteiger partial charge in [-0.2, -0.15) is 10.2 Å². The first-order valence-corrected chi connectivity index (χ1v) is 15.4. The molecule has 4 aromatic rings. The molecule has 1 fully saturated rings. The van der Waals surface area contributed by atoms with E-state index in [0.29, 0.717) is 43.4 Å². The van der Waals surface area contributed by atoms with Gasteiger partial charge in [0, 0.05) is 36.5 Å². The Kier molecular flexibility index (Phi) is 8.26. The van der Waals surface area contributed by atoms with Crippen molar-refractivity contribution in [2.45, 2.75) is 45.6 Å². The highest BCUT2D eigenvalue weighted by atomic mass is 16.2. The molecule has 10 heteroatoms. The lowest BCUT2D eigenvalue weighted by molar-refractivity contribution is -0.405. The molecule has 2 aliphatic heterocycles. The molecule has 3 atom stereocenters. The lowest BCUT2D eigenvalue weighted by Crippen LogP contribution is -2.44. The van der Waals surface area contributed by atoms with Crippen molar-refractivity contribution >= 4 is 46.5 Å². The number of hydrogen-bond acceptors (Lipinski definition) is 6. The minimum Gasteiger partial charge on any atom is -0.341 e. The van der Waals surface area contributed by atoms with E-state index in [-0.39, 0.29) is 30.1 Å². The van der Waals surface area contributed by atoms with Crippen LogP contribution in [-0.4, -0.2) is 68.1 Å². The summed E-state index contributed by atoms with van der Waals surface area (Å²) in [6.45, 7) is 5.90. The fourth-order valence-corrected chi connectivity index (χ4v) is 6.52. The predicted molar refractivity (Wildman–Crippen MR) is 171 cm³/mol. The summed E-state index contributed by atoms with van der Waals surface area (Å²) in [5.74, 6) is 0.488. The standard InChI is InChI=1S/C35H36N7O3/c1-4-28(24-9-11-27(12-10-24)42-21-25-7-5-6-8-29(25)35(42)45)34(44)41-18-15-30-32(37-22-38-33(30)41)39(3)19-26-20-40(17-14-23(26)2)31(43)13-16-36/h5-12,15,18-19,22-23,26,28H,4,13-14,17,20-21H2,1-3H3/q+1/t23-,26?,28?/m1/s1. The van der Waals surface area contributed by atoms with Crippen LogP contribution in [0.25, 0.3) is 11.0 Å². The molecule has 228 valence electrons. The second kappa shape index (κ2) is 12.4. The van der Waals surface area contributed by atoms with Crippen molar-refractivity contribution in [3.8, 4) is 6.07 Å². The number of carbonyl (C=O) groups excluding carboxylic acids is 3. The summed E-state index contributed by atoms with van der Waals surface area (Å²) < 4.78 is 3.55. The van der Waals surface area contributed by atoms with Gasteiger partial charge in [-0.3, -0.25) is 19.0 Å².